The van der Waals surface area contributed by atoms with Gasteiger partial charge in [-0.1, -0.05) is 84.4 Å². The number of nitrogens with zero attached hydrogens (tertiary/aromatic N) is 3. The van der Waals surface area contributed by atoms with Crippen molar-refractivity contribution in [1.29, 1.82) is 0 Å². The Morgan fingerprint density at radius 2 is 1.48 bits per heavy atom. The SMILES string of the molecule is O=C(N/N=C\C12c3ccccc3C(c3ccccc31)[C@@H]1C(=O)N(c3ccccc3Cl)C(=O)[C@H]12)c1ccccc1[N+](=O)[O-]. The third-order valence-electron chi connectivity index (χ3n) is 8.56. The Labute approximate surface area is 244 Å². The van der Waals surface area contributed by atoms with Crippen LogP contribution in [0.25, 0.3) is 0 Å². The smallest absolute Gasteiger partial charge is 0.274 e. The molecular weight excluding hydrogens is 556 g/mol. The normalized spacial score (nSPS) is 23.5. The summed E-state index contributed by atoms with van der Waals surface area (Å²) in [6, 6.07) is 27.6. The van der Waals surface area contributed by atoms with Gasteiger partial charge in [-0.05, 0) is 40.5 Å². The molecule has 2 atom stereocenters. The van der Waals surface area contributed by atoms with Crippen LogP contribution in [0.15, 0.2) is 102 Å². The third kappa shape index (κ3) is 3.43. The molecule has 4 aliphatic rings. The first kappa shape index (κ1) is 25.8. The molecule has 3 aliphatic carbocycles. The minimum atomic E-state index is -1.22. The van der Waals surface area contributed by atoms with Crippen LogP contribution in [0.1, 0.15) is 38.5 Å². The second-order valence-electron chi connectivity index (χ2n) is 10.5. The van der Waals surface area contributed by atoms with Crippen LogP contribution in [0.2, 0.25) is 5.02 Å². The summed E-state index contributed by atoms with van der Waals surface area (Å²) in [4.78, 5) is 53.7. The molecule has 206 valence electrons. The lowest BCUT2D eigenvalue weighted by atomic mass is 9.47. The lowest BCUT2D eigenvalue weighted by Crippen LogP contribution is -2.54. The van der Waals surface area contributed by atoms with Gasteiger partial charge in [-0.3, -0.25) is 24.5 Å². The van der Waals surface area contributed by atoms with E-state index in [2.05, 4.69) is 10.5 Å². The van der Waals surface area contributed by atoms with Gasteiger partial charge in [-0.25, -0.2) is 10.3 Å². The summed E-state index contributed by atoms with van der Waals surface area (Å²) in [5.41, 5.74) is 4.43. The Morgan fingerprint density at radius 3 is 2.14 bits per heavy atom. The van der Waals surface area contributed by atoms with Gasteiger partial charge in [-0.2, -0.15) is 5.10 Å². The van der Waals surface area contributed by atoms with Crippen molar-refractivity contribution in [3.05, 3.63) is 140 Å². The van der Waals surface area contributed by atoms with E-state index in [0.29, 0.717) is 5.69 Å². The molecule has 42 heavy (non-hydrogen) atoms. The molecule has 0 radical (unpaired) electrons. The van der Waals surface area contributed by atoms with E-state index >= 15 is 0 Å². The first-order valence-electron chi connectivity index (χ1n) is 13.3. The van der Waals surface area contributed by atoms with Crippen molar-refractivity contribution in [3.63, 3.8) is 0 Å². The molecule has 0 unspecified atom stereocenters. The van der Waals surface area contributed by atoms with E-state index in [9.17, 15) is 24.5 Å². The number of nitro benzene ring substituents is 1. The van der Waals surface area contributed by atoms with Crippen LogP contribution < -0.4 is 10.3 Å². The molecule has 1 aliphatic heterocycles. The Bertz CT molecular complexity index is 1820. The molecule has 1 fully saturated rings. The molecule has 0 spiro atoms. The number of hydrogen-bond acceptors (Lipinski definition) is 6. The molecule has 10 heteroatoms. The summed E-state index contributed by atoms with van der Waals surface area (Å²) in [5, 5.41) is 16.1. The van der Waals surface area contributed by atoms with Crippen LogP contribution in [0.5, 0.6) is 0 Å². The van der Waals surface area contributed by atoms with Gasteiger partial charge in [0, 0.05) is 18.2 Å². The number of nitro groups is 1. The molecule has 2 bridgehead atoms. The summed E-state index contributed by atoms with van der Waals surface area (Å²) in [5.74, 6) is -3.52. The number of nitrogens with one attached hydrogen (secondary N) is 1. The van der Waals surface area contributed by atoms with Crippen LogP contribution in [0.3, 0.4) is 0 Å². The number of para-hydroxylation sites is 2. The fourth-order valence-corrected chi connectivity index (χ4v) is 7.22. The second kappa shape index (κ2) is 9.46. The molecule has 3 amide bonds. The average molecular weight is 577 g/mol. The fourth-order valence-electron chi connectivity index (χ4n) is 7.00. The maximum atomic E-state index is 14.4. The fraction of sp³-hybridized carbons (Fsp3) is 0.125. The number of carbonyl (C=O) groups is 3. The van der Waals surface area contributed by atoms with Crippen molar-refractivity contribution in [2.45, 2.75) is 11.3 Å². The maximum absolute atomic E-state index is 14.4. The van der Waals surface area contributed by atoms with Gasteiger partial charge in [0.25, 0.3) is 11.6 Å². The molecule has 1 heterocycles. The maximum Gasteiger partial charge on any atom is 0.282 e. The highest BCUT2D eigenvalue weighted by atomic mass is 35.5. The molecule has 0 saturated carbocycles. The minimum Gasteiger partial charge on any atom is -0.274 e. The van der Waals surface area contributed by atoms with E-state index in [4.69, 9.17) is 11.6 Å². The molecule has 1 saturated heterocycles. The Morgan fingerprint density at radius 1 is 0.881 bits per heavy atom. The van der Waals surface area contributed by atoms with Crippen molar-refractivity contribution in [3.8, 4) is 0 Å². The summed E-state index contributed by atoms with van der Waals surface area (Å²) in [6.07, 6.45) is 1.51. The first-order chi connectivity index (χ1) is 20.4. The quantitative estimate of drug-likeness (QED) is 0.151. The third-order valence-corrected chi connectivity index (χ3v) is 8.88. The van der Waals surface area contributed by atoms with Gasteiger partial charge >= 0.3 is 0 Å². The van der Waals surface area contributed by atoms with Crippen molar-refractivity contribution in [2.75, 3.05) is 4.90 Å². The van der Waals surface area contributed by atoms with E-state index in [1.807, 2.05) is 48.5 Å². The lowest BCUT2D eigenvalue weighted by molar-refractivity contribution is -0.385. The summed E-state index contributed by atoms with van der Waals surface area (Å²) in [7, 11) is 0. The number of imide groups is 1. The number of carbonyl (C=O) groups excluding carboxylic acids is 3. The van der Waals surface area contributed by atoms with E-state index in [1.165, 1.54) is 35.4 Å². The molecule has 8 rings (SSSR count). The van der Waals surface area contributed by atoms with E-state index in [-0.39, 0.29) is 28.1 Å². The van der Waals surface area contributed by atoms with Gasteiger partial charge in [0.05, 0.1) is 32.9 Å². The van der Waals surface area contributed by atoms with E-state index < -0.39 is 34.0 Å². The monoisotopic (exact) mass is 576 g/mol. The second-order valence-corrected chi connectivity index (χ2v) is 10.9. The predicted octanol–water partition coefficient (Wildman–Crippen LogP) is 5.21. The Hall–Kier alpha value is -5.15. The molecule has 1 N–H and O–H groups in total. The molecule has 4 aromatic rings. The van der Waals surface area contributed by atoms with Crippen LogP contribution in [0, 0.1) is 22.0 Å². The number of halogens is 1. The summed E-state index contributed by atoms with van der Waals surface area (Å²) >= 11 is 6.48. The highest BCUT2D eigenvalue weighted by Crippen LogP contribution is 2.63. The van der Waals surface area contributed by atoms with Crippen LogP contribution in [-0.2, 0) is 15.0 Å². The highest BCUT2D eigenvalue weighted by molar-refractivity contribution is 6.36. The number of rotatable bonds is 5. The topological polar surface area (TPSA) is 122 Å². The van der Waals surface area contributed by atoms with Gasteiger partial charge in [0.2, 0.25) is 11.8 Å². The van der Waals surface area contributed by atoms with E-state index in [1.54, 1.807) is 24.3 Å². The zero-order valence-electron chi connectivity index (χ0n) is 21.8. The number of hydrogen-bond donors (Lipinski definition) is 1. The Kier molecular flexibility index (Phi) is 5.81. The lowest BCUT2D eigenvalue weighted by Gasteiger charge is -2.52. The minimum absolute atomic E-state index is 0.153. The van der Waals surface area contributed by atoms with Crippen molar-refractivity contribution >= 4 is 46.9 Å². The zero-order valence-corrected chi connectivity index (χ0v) is 22.6. The summed E-state index contributed by atoms with van der Waals surface area (Å²) < 4.78 is 0. The van der Waals surface area contributed by atoms with Crippen molar-refractivity contribution < 1.29 is 19.3 Å². The predicted molar refractivity (Wildman–Crippen MR) is 155 cm³/mol. The van der Waals surface area contributed by atoms with Crippen molar-refractivity contribution in [1.82, 2.24) is 5.43 Å². The standard InChI is InChI=1S/C32H21ClN4O5/c33-23-14-6-8-16-25(23)36-30(39)27-26-18-9-1-4-12-21(18)32(28(27)31(36)40,22-13-5-2-10-19(22)26)17-34-35-29(38)20-11-3-7-15-24(20)37(41)42/h1-17,26-28H,(H,35,38)/b34-17-/t26?,27-,28-,32?/m0/s1. The number of benzene rings is 4. The zero-order chi connectivity index (χ0) is 29.2. The number of amides is 3. The Balaban J connectivity index is 1.40. The van der Waals surface area contributed by atoms with Crippen LogP contribution in [0.4, 0.5) is 11.4 Å². The van der Waals surface area contributed by atoms with Crippen molar-refractivity contribution in [2.24, 2.45) is 16.9 Å². The van der Waals surface area contributed by atoms with Gasteiger partial charge in [0.15, 0.2) is 0 Å². The van der Waals surface area contributed by atoms with Gasteiger partial charge in [0.1, 0.15) is 5.56 Å². The summed E-state index contributed by atoms with van der Waals surface area (Å²) in [6.45, 7) is 0. The number of hydrazone groups is 1. The average Bonchev–Trinajstić information content (AvgIpc) is 3.28. The molecule has 0 aromatic heterocycles. The van der Waals surface area contributed by atoms with Crippen LogP contribution in [-0.4, -0.2) is 28.9 Å². The molecule has 9 nitrogen and oxygen atoms in total. The van der Waals surface area contributed by atoms with E-state index in [0.717, 1.165) is 22.3 Å². The largest absolute Gasteiger partial charge is 0.282 e. The first-order valence-corrected chi connectivity index (χ1v) is 13.6. The van der Waals surface area contributed by atoms with Gasteiger partial charge < -0.3 is 0 Å². The van der Waals surface area contributed by atoms with Gasteiger partial charge in [-0.15, -0.1) is 0 Å². The van der Waals surface area contributed by atoms with Crippen LogP contribution >= 0.6 is 11.6 Å². The molecule has 4 aromatic carbocycles. The highest BCUT2D eigenvalue weighted by Gasteiger charge is 2.68. The molecular formula is C32H21ClN4O5. The number of anilines is 1.